The summed E-state index contributed by atoms with van der Waals surface area (Å²) in [5.41, 5.74) is 1.86. The number of anilines is 1. The van der Waals surface area contributed by atoms with E-state index >= 15 is 0 Å². The van der Waals surface area contributed by atoms with Gasteiger partial charge in [0, 0.05) is 17.3 Å². The van der Waals surface area contributed by atoms with E-state index in [2.05, 4.69) is 10.3 Å². The molecule has 1 amide bonds. The van der Waals surface area contributed by atoms with Crippen molar-refractivity contribution in [2.75, 3.05) is 5.32 Å². The van der Waals surface area contributed by atoms with Crippen molar-refractivity contribution in [1.29, 1.82) is 0 Å². The quantitative estimate of drug-likeness (QED) is 0.519. The lowest BCUT2D eigenvalue weighted by molar-refractivity contribution is -0.111. The normalized spacial score (nSPS) is 11.1. The van der Waals surface area contributed by atoms with E-state index in [-0.39, 0.29) is 17.6 Å². The molecule has 0 radical (unpaired) electrons. The van der Waals surface area contributed by atoms with Crippen LogP contribution in [0.5, 0.6) is 0 Å². The topological polar surface area (TPSA) is 72.2 Å². The van der Waals surface area contributed by atoms with Gasteiger partial charge in [-0.2, -0.15) is 0 Å². The van der Waals surface area contributed by atoms with E-state index in [1.807, 2.05) is 0 Å². The minimum absolute atomic E-state index is 0.173. The number of halogens is 1. The molecule has 4 rings (SSSR count). The van der Waals surface area contributed by atoms with Crippen LogP contribution in [-0.2, 0) is 4.79 Å². The van der Waals surface area contributed by atoms with Crippen LogP contribution in [0.3, 0.4) is 0 Å². The Bertz CT molecular complexity index is 1280. The van der Waals surface area contributed by atoms with Gasteiger partial charge in [0.1, 0.15) is 5.82 Å². The van der Waals surface area contributed by atoms with Crippen molar-refractivity contribution < 1.29 is 13.6 Å². The zero-order valence-corrected chi connectivity index (χ0v) is 15.1. The molecule has 0 aliphatic rings. The summed E-state index contributed by atoms with van der Waals surface area (Å²) < 4.78 is 18.3. The zero-order valence-electron chi connectivity index (χ0n) is 15.1. The maximum atomic E-state index is 12.9. The summed E-state index contributed by atoms with van der Waals surface area (Å²) in [7, 11) is 0. The molecule has 1 heterocycles. The van der Waals surface area contributed by atoms with Crippen LogP contribution in [0.2, 0.25) is 0 Å². The van der Waals surface area contributed by atoms with Crippen molar-refractivity contribution in [2.24, 2.45) is 0 Å². The number of carbonyl (C=O) groups is 1. The second-order valence-electron chi connectivity index (χ2n) is 6.28. The molecule has 29 heavy (non-hydrogen) atoms. The monoisotopic (exact) mass is 386 g/mol. The van der Waals surface area contributed by atoms with E-state index in [0.29, 0.717) is 27.7 Å². The number of aromatic nitrogens is 1. The zero-order chi connectivity index (χ0) is 20.2. The van der Waals surface area contributed by atoms with Gasteiger partial charge in [0.15, 0.2) is 0 Å². The van der Waals surface area contributed by atoms with Crippen LogP contribution in [0.15, 0.2) is 88.1 Å². The van der Waals surface area contributed by atoms with Crippen LogP contribution in [0, 0.1) is 5.82 Å². The fourth-order valence-electron chi connectivity index (χ4n) is 2.80. The number of para-hydroxylation sites is 1. The van der Waals surface area contributed by atoms with Crippen molar-refractivity contribution in [3.63, 3.8) is 0 Å². The van der Waals surface area contributed by atoms with E-state index in [0.717, 1.165) is 0 Å². The number of rotatable bonds is 4. The Morgan fingerprint density at radius 3 is 2.62 bits per heavy atom. The lowest BCUT2D eigenvalue weighted by Gasteiger charge is -2.05. The molecule has 3 aromatic carbocycles. The minimum atomic E-state index is -0.470. The molecule has 0 aliphatic carbocycles. The Balaban J connectivity index is 1.55. The average Bonchev–Trinajstić information content (AvgIpc) is 2.73. The number of nitrogens with one attached hydrogen (secondary N) is 1. The highest BCUT2D eigenvalue weighted by molar-refractivity contribution is 6.02. The number of carbonyl (C=O) groups excluding carboxylic acids is 1. The number of amides is 1. The maximum Gasteiger partial charge on any atom is 0.347 e. The van der Waals surface area contributed by atoms with Crippen LogP contribution in [0.25, 0.3) is 28.4 Å². The Morgan fingerprint density at radius 2 is 1.79 bits per heavy atom. The van der Waals surface area contributed by atoms with Gasteiger partial charge in [0.25, 0.3) is 0 Å². The number of benzene rings is 3. The van der Waals surface area contributed by atoms with Gasteiger partial charge in [-0.25, -0.2) is 14.2 Å². The molecule has 5 nitrogen and oxygen atoms in total. The first-order valence-electron chi connectivity index (χ1n) is 8.83. The summed E-state index contributed by atoms with van der Waals surface area (Å²) >= 11 is 0. The van der Waals surface area contributed by atoms with Gasteiger partial charge in [-0.15, -0.1) is 0 Å². The van der Waals surface area contributed by atoms with Crippen LogP contribution in [-0.4, -0.2) is 10.9 Å². The van der Waals surface area contributed by atoms with E-state index < -0.39 is 5.63 Å². The molecular formula is C23H15FN2O3. The molecular weight excluding hydrogens is 371 g/mol. The third-order valence-corrected chi connectivity index (χ3v) is 4.21. The molecule has 0 bridgehead atoms. The predicted molar refractivity (Wildman–Crippen MR) is 110 cm³/mol. The summed E-state index contributed by atoms with van der Waals surface area (Å²) in [6, 6.07) is 19.6. The maximum absolute atomic E-state index is 12.9. The molecule has 0 spiro atoms. The van der Waals surface area contributed by atoms with Crippen molar-refractivity contribution in [1.82, 2.24) is 4.98 Å². The first-order chi connectivity index (χ1) is 14.1. The van der Waals surface area contributed by atoms with Crippen molar-refractivity contribution >= 4 is 28.6 Å². The molecule has 0 fully saturated rings. The fraction of sp³-hybridized carbons (Fsp3) is 0. The molecule has 0 aliphatic heterocycles. The molecule has 142 valence electrons. The molecule has 4 aromatic rings. The molecule has 6 heteroatoms. The molecule has 1 N–H and O–H groups in total. The lowest BCUT2D eigenvalue weighted by Crippen LogP contribution is -2.08. The van der Waals surface area contributed by atoms with Gasteiger partial charge < -0.3 is 9.73 Å². The van der Waals surface area contributed by atoms with E-state index in [1.165, 1.54) is 18.2 Å². The number of hydrogen-bond acceptors (Lipinski definition) is 4. The Morgan fingerprint density at radius 1 is 1.00 bits per heavy atom. The van der Waals surface area contributed by atoms with Crippen molar-refractivity contribution in [3.8, 4) is 11.5 Å². The minimum Gasteiger partial charge on any atom is -0.403 e. The molecule has 0 saturated heterocycles. The van der Waals surface area contributed by atoms with E-state index in [4.69, 9.17) is 4.42 Å². The first-order valence-corrected chi connectivity index (χ1v) is 8.83. The molecule has 0 saturated carbocycles. The second-order valence-corrected chi connectivity index (χ2v) is 6.28. The molecule has 0 unspecified atom stereocenters. The SMILES string of the molecule is O=C(/C=C/c1ccc(F)cc1)Nc1cccc(-c2nc3ccccc3c(=O)o2)c1. The van der Waals surface area contributed by atoms with E-state index in [1.54, 1.807) is 66.7 Å². The number of nitrogens with zero attached hydrogens (tertiary/aromatic N) is 1. The third-order valence-electron chi connectivity index (χ3n) is 4.21. The highest BCUT2D eigenvalue weighted by atomic mass is 19.1. The standard InChI is InChI=1S/C23H15FN2O3/c24-17-11-8-15(9-12-17)10-13-21(27)25-18-5-3-4-16(14-18)22-26-20-7-2-1-6-19(20)23(28)29-22/h1-14H,(H,25,27)/b13-10+. The molecule has 1 aromatic heterocycles. The first kappa shape index (κ1) is 18.3. The largest absolute Gasteiger partial charge is 0.403 e. The Hall–Kier alpha value is -4.06. The number of hydrogen-bond donors (Lipinski definition) is 1. The Labute approximate surface area is 165 Å². The summed E-state index contributed by atoms with van der Waals surface area (Å²) in [6.45, 7) is 0. The van der Waals surface area contributed by atoms with Gasteiger partial charge in [-0.1, -0.05) is 30.3 Å². The summed E-state index contributed by atoms with van der Waals surface area (Å²) in [5, 5.41) is 3.15. The molecule has 0 atom stereocenters. The fourth-order valence-corrected chi connectivity index (χ4v) is 2.80. The number of fused-ring (bicyclic) bond motifs is 1. The van der Waals surface area contributed by atoms with Crippen molar-refractivity contribution in [2.45, 2.75) is 0 Å². The summed E-state index contributed by atoms with van der Waals surface area (Å²) in [4.78, 5) is 28.7. The summed E-state index contributed by atoms with van der Waals surface area (Å²) in [6.07, 6.45) is 2.94. The van der Waals surface area contributed by atoms with Gasteiger partial charge in [0.05, 0.1) is 10.9 Å². The lowest BCUT2D eigenvalue weighted by atomic mass is 10.2. The summed E-state index contributed by atoms with van der Waals surface area (Å²) in [5.74, 6) is -0.511. The van der Waals surface area contributed by atoms with Crippen LogP contribution < -0.4 is 10.9 Å². The van der Waals surface area contributed by atoms with Crippen LogP contribution >= 0.6 is 0 Å². The smallest absolute Gasteiger partial charge is 0.347 e. The second kappa shape index (κ2) is 7.90. The van der Waals surface area contributed by atoms with Crippen LogP contribution in [0.4, 0.5) is 10.1 Å². The van der Waals surface area contributed by atoms with Crippen molar-refractivity contribution in [3.05, 3.63) is 101 Å². The highest BCUT2D eigenvalue weighted by Crippen LogP contribution is 2.22. The van der Waals surface area contributed by atoms with Gasteiger partial charge >= 0.3 is 5.63 Å². The third kappa shape index (κ3) is 4.27. The van der Waals surface area contributed by atoms with Crippen LogP contribution in [0.1, 0.15) is 5.56 Å². The van der Waals surface area contributed by atoms with Gasteiger partial charge in [-0.3, -0.25) is 4.79 Å². The van der Waals surface area contributed by atoms with Gasteiger partial charge in [-0.05, 0) is 54.1 Å². The van der Waals surface area contributed by atoms with E-state index in [9.17, 15) is 14.0 Å². The van der Waals surface area contributed by atoms with Gasteiger partial charge in [0.2, 0.25) is 11.8 Å². The highest BCUT2D eigenvalue weighted by Gasteiger charge is 2.09. The average molecular weight is 386 g/mol. The predicted octanol–water partition coefficient (Wildman–Crippen LogP) is 4.65. The Kier molecular flexibility index (Phi) is 4.99.